The number of nitrogen functional groups attached to an aromatic ring is 3. The number of hydrogen-bond acceptors (Lipinski definition) is 27. The highest BCUT2D eigenvalue weighted by atomic mass is 35.5. The lowest BCUT2D eigenvalue weighted by Gasteiger charge is -2.30. The van der Waals surface area contributed by atoms with Gasteiger partial charge in [0.05, 0.1) is 101 Å². The van der Waals surface area contributed by atoms with Gasteiger partial charge in [-0.3, -0.25) is 15.3 Å². The molecule has 12 aromatic heterocycles. The number of aryl methyl sites for hydroxylation is 1. The van der Waals surface area contributed by atoms with E-state index in [4.69, 9.17) is 73.3 Å². The number of pyridine rings is 3. The summed E-state index contributed by atoms with van der Waals surface area (Å²) < 4.78 is 100. The average Bonchev–Trinajstić information content (AvgIpc) is 1.60. The van der Waals surface area contributed by atoms with Crippen LogP contribution in [0.5, 0.6) is 17.6 Å². The smallest absolute Gasteiger partial charge is 0.223 e. The lowest BCUT2D eigenvalue weighted by molar-refractivity contribution is 0.131. The molecule has 40 heteroatoms. The Balaban J connectivity index is 0.000000128. The molecular weight excluding hydrogens is 1530 g/mol. The van der Waals surface area contributed by atoms with Crippen LogP contribution in [0.4, 0.5) is 17.5 Å². The van der Waals surface area contributed by atoms with Crippen LogP contribution in [-0.2, 0) is 49.7 Å². The standard InChI is InChI=1S/C25H27N9O3S.C24H24ClN9O3S.C24H25N9O3S/c1-15-4-3-5-16-10-18(31-25(20(15)16)37-19-6-8-33(9-7-19)38(2,35)36)13-34-24-21(23(26)27-14-28-24)22(32-34)17-11-29-30-12-17;1-38(35,36)33-7-5-17(6-8-33)37-24-19-14(3-2-4-18(19)25)9-16(31-24)12-34-23-20(22(26)27-13-28-23)21(32-34)15-10-29-30-11-15;1-37(34,35)32-8-6-18(7-9-32)36-24-19-5-3-2-4-15(19)10-17(30-24)13-33-23-20(22(25)26-14-27-23)21(31-33)16-11-28-29-12-16/h3-5,10-12,14,19H,6-9,13H2,1-2H3,(H,29,30)(H2,26,27,28);2-4,9-11,13,17H,5-8,12H2,1H3,(H,29,30)(H2,26,27,28);2-5,10-12,14,18H,6-9,13H2,1H3,(H,28,29)(H2,25,26,27). The van der Waals surface area contributed by atoms with Crippen LogP contribution in [0.25, 0.3) is 99.2 Å². The molecule has 3 fully saturated rings. The molecule has 0 unspecified atom stereocenters. The molecule has 3 aliphatic rings. The summed E-state index contributed by atoms with van der Waals surface area (Å²) in [6.07, 6.45) is 21.2. The Morgan fingerprint density at radius 3 is 1.17 bits per heavy atom. The van der Waals surface area contributed by atoms with Gasteiger partial charge in [0.25, 0.3) is 0 Å². The summed E-state index contributed by atoms with van der Waals surface area (Å²) in [4.78, 5) is 40.4. The van der Waals surface area contributed by atoms with E-state index in [1.54, 1.807) is 57.3 Å². The third kappa shape index (κ3) is 15.9. The van der Waals surface area contributed by atoms with Gasteiger partial charge in [0, 0.05) is 85.3 Å². The maximum atomic E-state index is 11.9. The number of aromatic amines is 3. The van der Waals surface area contributed by atoms with Crippen molar-refractivity contribution >= 4 is 125 Å². The van der Waals surface area contributed by atoms with Crippen LogP contribution in [0.2, 0.25) is 5.02 Å². The Morgan fingerprint density at radius 1 is 0.434 bits per heavy atom. The van der Waals surface area contributed by atoms with Crippen molar-refractivity contribution in [2.24, 2.45) is 0 Å². The highest BCUT2D eigenvalue weighted by Gasteiger charge is 2.32. The van der Waals surface area contributed by atoms with E-state index in [-0.39, 0.29) is 24.9 Å². The number of nitrogens with one attached hydrogen (secondary N) is 3. The minimum Gasteiger partial charge on any atom is -0.474 e. The number of ether oxygens (including phenoxy) is 3. The first-order valence-corrected chi connectivity index (χ1v) is 41.9. The van der Waals surface area contributed by atoms with E-state index < -0.39 is 30.1 Å². The molecular formula is C73H76ClN27O9S3. The molecule has 3 aliphatic heterocycles. The van der Waals surface area contributed by atoms with E-state index in [1.165, 1.54) is 50.7 Å². The van der Waals surface area contributed by atoms with Crippen LogP contribution < -0.4 is 31.4 Å². The molecule has 0 bridgehead atoms. The van der Waals surface area contributed by atoms with Crippen LogP contribution in [0.3, 0.4) is 0 Å². The summed E-state index contributed by atoms with van der Waals surface area (Å²) in [5.41, 5.74) is 27.8. The predicted octanol–water partition coefficient (Wildman–Crippen LogP) is 7.56. The van der Waals surface area contributed by atoms with E-state index in [1.807, 2.05) is 79.7 Å². The second-order valence-corrected chi connectivity index (χ2v) is 34.1. The highest BCUT2D eigenvalue weighted by Crippen LogP contribution is 2.39. The first-order valence-electron chi connectivity index (χ1n) is 36.0. The van der Waals surface area contributed by atoms with Crippen LogP contribution in [-0.4, -0.2) is 219 Å². The highest BCUT2D eigenvalue weighted by molar-refractivity contribution is 7.88. The van der Waals surface area contributed by atoms with Gasteiger partial charge in [0.2, 0.25) is 47.7 Å². The molecule has 15 heterocycles. The fourth-order valence-electron chi connectivity index (χ4n) is 14.5. The molecule has 3 aromatic carbocycles. The summed E-state index contributed by atoms with van der Waals surface area (Å²) in [5.74, 6) is 2.45. The van der Waals surface area contributed by atoms with E-state index >= 15 is 0 Å². The SMILES string of the molecule is CS(=O)(=O)N1CCC(Oc2nc(Cn3nc(-c4cn[nH]c4)c4c(N)ncnc43)cc3cccc(Cl)c23)CC1.CS(=O)(=O)N1CCC(Oc2nc(Cn3nc(-c4cn[nH]c4)c4c(N)ncnc43)cc3ccccc23)CC1.Cc1cccc2cc(Cn3nc(-c4cn[nH]c4)c4c(N)ncnc43)nc(OC3CCN(S(C)(=O)=O)CC3)c12. The number of benzene rings is 3. The molecule has 0 radical (unpaired) electrons. The summed E-state index contributed by atoms with van der Waals surface area (Å²) in [6, 6.07) is 25.5. The largest absolute Gasteiger partial charge is 0.474 e. The van der Waals surface area contributed by atoms with Crippen molar-refractivity contribution in [3.05, 3.63) is 163 Å². The minimum atomic E-state index is -3.23. The number of nitrogens with zero attached hydrogens (tertiary/aromatic N) is 21. The maximum Gasteiger partial charge on any atom is 0.223 e. The van der Waals surface area contributed by atoms with Crippen LogP contribution in [0, 0.1) is 6.92 Å². The van der Waals surface area contributed by atoms with Gasteiger partial charge in [0.15, 0.2) is 16.9 Å². The van der Waals surface area contributed by atoms with Crippen molar-refractivity contribution in [1.29, 1.82) is 0 Å². The molecule has 9 N–H and O–H groups in total. The zero-order valence-corrected chi connectivity index (χ0v) is 64.6. The Labute approximate surface area is 650 Å². The quantitative estimate of drug-likeness (QED) is 0.0482. The summed E-state index contributed by atoms with van der Waals surface area (Å²) in [7, 11) is -9.65. The van der Waals surface area contributed by atoms with E-state index in [0.717, 1.165) is 60.6 Å². The average molecular weight is 1610 g/mol. The van der Waals surface area contributed by atoms with Crippen molar-refractivity contribution in [2.45, 2.75) is 83.4 Å². The molecule has 0 amide bonds. The summed E-state index contributed by atoms with van der Waals surface area (Å²) >= 11 is 6.57. The monoisotopic (exact) mass is 1610 g/mol. The number of nitrogens with two attached hydrogens (primary N) is 3. The molecule has 36 nitrogen and oxygen atoms in total. The van der Waals surface area contributed by atoms with Crippen LogP contribution >= 0.6 is 11.6 Å². The van der Waals surface area contributed by atoms with Crippen molar-refractivity contribution in [3.8, 4) is 51.4 Å². The topological polar surface area (TPSA) is 473 Å². The number of rotatable bonds is 18. The first kappa shape index (κ1) is 75.0. The zero-order valence-electron chi connectivity index (χ0n) is 61.4. The Morgan fingerprint density at radius 2 is 0.779 bits per heavy atom. The van der Waals surface area contributed by atoms with E-state index in [2.05, 4.69) is 60.5 Å². The van der Waals surface area contributed by atoms with Gasteiger partial charge in [-0.1, -0.05) is 60.1 Å². The molecule has 582 valence electrons. The van der Waals surface area contributed by atoms with Crippen molar-refractivity contribution < 1.29 is 39.5 Å². The molecule has 15 aromatic rings. The van der Waals surface area contributed by atoms with Gasteiger partial charge in [-0.2, -0.15) is 30.6 Å². The third-order valence-electron chi connectivity index (χ3n) is 20.0. The molecule has 18 rings (SSSR count). The van der Waals surface area contributed by atoms with Crippen molar-refractivity contribution in [2.75, 3.05) is 75.2 Å². The number of sulfonamides is 3. The van der Waals surface area contributed by atoms with Gasteiger partial charge in [-0.15, -0.1) is 0 Å². The maximum absolute atomic E-state index is 11.9. The number of fused-ring (bicyclic) bond motifs is 6. The van der Waals surface area contributed by atoms with Gasteiger partial charge in [-0.25, -0.2) is 97.1 Å². The molecule has 0 saturated carbocycles. The number of H-pyrrole nitrogens is 3. The summed E-state index contributed by atoms with van der Waals surface area (Å²) in [6.45, 7) is 5.48. The second kappa shape index (κ2) is 30.9. The van der Waals surface area contributed by atoms with Gasteiger partial charge in [0.1, 0.15) is 71.8 Å². The van der Waals surface area contributed by atoms with E-state index in [0.29, 0.717) is 192 Å². The molecule has 0 aliphatic carbocycles. The van der Waals surface area contributed by atoms with Crippen molar-refractivity contribution in [3.63, 3.8) is 0 Å². The molecule has 0 spiro atoms. The lowest BCUT2D eigenvalue weighted by Crippen LogP contribution is -2.41. The Bertz CT molecular complexity index is 6150. The fourth-order valence-corrected chi connectivity index (χ4v) is 17.3. The van der Waals surface area contributed by atoms with Gasteiger partial charge < -0.3 is 31.4 Å². The second-order valence-electron chi connectivity index (χ2n) is 27.8. The van der Waals surface area contributed by atoms with Crippen LogP contribution in [0.1, 0.15) is 61.2 Å². The first-order chi connectivity index (χ1) is 54.4. The number of aromatic nitrogens is 21. The number of halogens is 1. The Hall–Kier alpha value is -12.0. The number of hydrogen-bond donors (Lipinski definition) is 6. The predicted molar refractivity (Wildman–Crippen MR) is 424 cm³/mol. The normalized spacial score (nSPS) is 15.4. The van der Waals surface area contributed by atoms with E-state index in [9.17, 15) is 25.3 Å². The third-order valence-corrected chi connectivity index (χ3v) is 24.3. The molecule has 3 saturated heterocycles. The number of anilines is 3. The minimum absolute atomic E-state index is 0.130. The van der Waals surface area contributed by atoms with Crippen molar-refractivity contribution in [1.82, 2.24) is 118 Å². The van der Waals surface area contributed by atoms with Crippen LogP contribution in [0.15, 0.2) is 135 Å². The molecule has 0 atom stereocenters. The van der Waals surface area contributed by atoms with Gasteiger partial charge in [-0.05, 0) is 97.5 Å². The lowest BCUT2D eigenvalue weighted by atomic mass is 10.1. The Kier molecular flexibility index (Phi) is 20.5. The number of piperidine rings is 3. The zero-order chi connectivity index (χ0) is 78.5. The van der Waals surface area contributed by atoms with Gasteiger partial charge >= 0.3 is 0 Å². The summed E-state index contributed by atoms with van der Waals surface area (Å²) in [5, 5.41) is 42.7. The fraction of sp³-hybridized carbons (Fsp3) is 0.301. The molecule has 113 heavy (non-hydrogen) atoms.